The van der Waals surface area contributed by atoms with Gasteiger partial charge in [-0.25, -0.2) is 14.2 Å². The van der Waals surface area contributed by atoms with Crippen LogP contribution in [0.1, 0.15) is 26.3 Å². The molecule has 3 aromatic carbocycles. The molecule has 9 heteroatoms. The highest BCUT2D eigenvalue weighted by molar-refractivity contribution is 6.08. The van der Waals surface area contributed by atoms with Crippen LogP contribution in [0.15, 0.2) is 77.4 Å². The first kappa shape index (κ1) is 25.4. The second kappa shape index (κ2) is 10.1. The molecule has 0 atom stereocenters. The number of nitrogens with two attached hydrogens (primary N) is 2. The normalized spacial score (nSPS) is 12.6. The average Bonchev–Trinajstić information content (AvgIpc) is 3.22. The predicted molar refractivity (Wildman–Crippen MR) is 148 cm³/mol. The summed E-state index contributed by atoms with van der Waals surface area (Å²) < 4.78 is 15.0. The van der Waals surface area contributed by atoms with Gasteiger partial charge in [0.15, 0.2) is 11.6 Å². The summed E-state index contributed by atoms with van der Waals surface area (Å²) >= 11 is 0. The second-order valence-corrected chi connectivity index (χ2v) is 9.80. The summed E-state index contributed by atoms with van der Waals surface area (Å²) in [5.74, 6) is 0.107. The molecule has 8 nitrogen and oxygen atoms in total. The van der Waals surface area contributed by atoms with Crippen molar-refractivity contribution in [2.45, 2.75) is 27.7 Å². The van der Waals surface area contributed by atoms with Crippen LogP contribution in [-0.4, -0.2) is 22.1 Å². The highest BCUT2D eigenvalue weighted by atomic mass is 19.1. The number of halogens is 1. The Labute approximate surface area is 214 Å². The van der Waals surface area contributed by atoms with Crippen molar-refractivity contribution in [2.75, 3.05) is 11.1 Å². The molecule has 0 saturated carbocycles. The molecule has 0 radical (unpaired) electrons. The maximum Gasteiger partial charge on any atom is 0.324 e. The third kappa shape index (κ3) is 5.95. The van der Waals surface area contributed by atoms with Crippen molar-refractivity contribution in [3.8, 4) is 11.1 Å². The third-order valence-corrected chi connectivity index (χ3v) is 5.84. The Hall–Kier alpha value is -4.66. The molecule has 37 heavy (non-hydrogen) atoms. The van der Waals surface area contributed by atoms with Gasteiger partial charge in [-0.2, -0.15) is 5.10 Å². The Kier molecular flexibility index (Phi) is 6.97. The first-order chi connectivity index (χ1) is 17.5. The maximum absolute atomic E-state index is 15.0. The number of urea groups is 1. The largest absolute Gasteiger partial charge is 0.401 e. The van der Waals surface area contributed by atoms with Crippen molar-refractivity contribution in [3.05, 3.63) is 83.8 Å². The Bertz CT molecular complexity index is 1490. The molecule has 4 aromatic rings. The van der Waals surface area contributed by atoms with E-state index in [2.05, 4.69) is 25.8 Å². The Morgan fingerprint density at radius 2 is 1.73 bits per heavy atom. The Morgan fingerprint density at radius 3 is 2.38 bits per heavy atom. The molecule has 0 fully saturated rings. The number of allylic oxidation sites excluding steroid dienone is 1. The van der Waals surface area contributed by atoms with E-state index in [1.165, 1.54) is 0 Å². The number of amides is 2. The number of carbonyl (C=O) groups is 1. The molecule has 0 aliphatic heterocycles. The van der Waals surface area contributed by atoms with E-state index in [1.54, 1.807) is 42.5 Å². The summed E-state index contributed by atoms with van der Waals surface area (Å²) in [6.07, 6.45) is 1.66. The number of aryl methyl sites for hydroxylation is 1. The van der Waals surface area contributed by atoms with Crippen LogP contribution in [-0.2, 0) is 0 Å². The van der Waals surface area contributed by atoms with Gasteiger partial charge in [0.05, 0.1) is 5.69 Å². The van der Waals surface area contributed by atoms with Crippen molar-refractivity contribution in [1.82, 2.24) is 15.5 Å². The minimum Gasteiger partial charge on any atom is -0.401 e. The molecule has 0 unspecified atom stereocenters. The molecule has 0 aliphatic carbocycles. The minimum atomic E-state index is -0.489. The van der Waals surface area contributed by atoms with Crippen LogP contribution < -0.4 is 22.1 Å². The van der Waals surface area contributed by atoms with Crippen LogP contribution >= 0.6 is 0 Å². The quantitative estimate of drug-likeness (QED) is 0.174. The van der Waals surface area contributed by atoms with Gasteiger partial charge in [0.2, 0.25) is 0 Å². The monoisotopic (exact) mass is 499 g/mol. The number of anilines is 2. The first-order valence-electron chi connectivity index (χ1n) is 11.7. The van der Waals surface area contributed by atoms with Crippen LogP contribution in [0.2, 0.25) is 0 Å². The lowest BCUT2D eigenvalue weighted by molar-refractivity contribution is 0.256. The van der Waals surface area contributed by atoms with Crippen molar-refractivity contribution >= 4 is 40.0 Å². The molecule has 0 spiro atoms. The fourth-order valence-corrected chi connectivity index (χ4v) is 3.53. The number of aromatic nitrogens is 2. The van der Waals surface area contributed by atoms with E-state index in [9.17, 15) is 9.18 Å². The number of aliphatic imine (C=N–C) groups is 1. The number of H-pyrrole nitrogens is 1. The average molecular weight is 500 g/mol. The minimum absolute atomic E-state index is 0.246. The molecule has 0 aliphatic rings. The number of nitrogens with one attached hydrogen (secondary N) is 3. The molecule has 1 heterocycles. The lowest BCUT2D eigenvalue weighted by Crippen LogP contribution is -2.34. The number of nitrogen functional groups attached to an aromatic ring is 1. The maximum atomic E-state index is 15.0. The van der Waals surface area contributed by atoms with Gasteiger partial charge in [-0.15, -0.1) is 0 Å². The molecule has 0 bridgehead atoms. The van der Waals surface area contributed by atoms with E-state index in [0.29, 0.717) is 39.4 Å². The lowest BCUT2D eigenvalue weighted by atomic mass is 9.92. The van der Waals surface area contributed by atoms with E-state index >= 15 is 0 Å². The number of aromatic amines is 1. The molecule has 2 amide bonds. The number of fused-ring (bicyclic) bond motifs is 1. The zero-order chi connectivity index (χ0) is 26.7. The van der Waals surface area contributed by atoms with Gasteiger partial charge in [0, 0.05) is 33.8 Å². The molecular weight excluding hydrogens is 469 g/mol. The van der Waals surface area contributed by atoms with Crippen molar-refractivity contribution in [2.24, 2.45) is 16.1 Å². The van der Waals surface area contributed by atoms with Gasteiger partial charge in [0.25, 0.3) is 0 Å². The fraction of sp³-hybridized carbons (Fsp3) is 0.179. The lowest BCUT2D eigenvalue weighted by Gasteiger charge is -2.19. The zero-order valence-electron chi connectivity index (χ0n) is 21.2. The summed E-state index contributed by atoms with van der Waals surface area (Å²) in [4.78, 5) is 17.4. The van der Waals surface area contributed by atoms with Gasteiger partial charge < -0.3 is 16.8 Å². The first-order valence-corrected chi connectivity index (χ1v) is 11.7. The molecule has 7 N–H and O–H groups in total. The van der Waals surface area contributed by atoms with Gasteiger partial charge >= 0.3 is 6.03 Å². The van der Waals surface area contributed by atoms with Gasteiger partial charge in [-0.3, -0.25) is 10.4 Å². The van der Waals surface area contributed by atoms with E-state index in [0.717, 1.165) is 5.56 Å². The Balaban J connectivity index is 1.52. The standard InChI is InChI=1S/C28H30FN7O/c1-16-5-9-18(10-6-16)32-23(15-22(30)28(2,3)4)34-27(37)33-19-11-7-17(8-12-19)20-13-14-21-25(24(20)29)35-36-26(21)31/h5-15H,30H2,1-4H3,(H3,31,35,36)(H2,32,33,34,37). The van der Waals surface area contributed by atoms with Crippen molar-refractivity contribution in [3.63, 3.8) is 0 Å². The summed E-state index contributed by atoms with van der Waals surface area (Å²) in [6.45, 7) is 7.92. The highest BCUT2D eigenvalue weighted by Crippen LogP contribution is 2.30. The molecule has 1 aromatic heterocycles. The molecule has 190 valence electrons. The van der Waals surface area contributed by atoms with E-state index in [4.69, 9.17) is 11.5 Å². The van der Waals surface area contributed by atoms with Crippen LogP contribution in [0.25, 0.3) is 22.0 Å². The van der Waals surface area contributed by atoms with E-state index in [1.807, 2.05) is 52.0 Å². The number of amidine groups is 1. The summed E-state index contributed by atoms with van der Waals surface area (Å²) in [6, 6.07) is 17.3. The summed E-state index contributed by atoms with van der Waals surface area (Å²) in [7, 11) is 0. The highest BCUT2D eigenvalue weighted by Gasteiger charge is 2.16. The third-order valence-electron chi connectivity index (χ3n) is 5.84. The number of hydrogen-bond donors (Lipinski definition) is 5. The zero-order valence-corrected chi connectivity index (χ0v) is 21.2. The number of carbonyl (C=O) groups excluding carboxylic acids is 1. The van der Waals surface area contributed by atoms with E-state index < -0.39 is 11.8 Å². The fourth-order valence-electron chi connectivity index (χ4n) is 3.53. The smallest absolute Gasteiger partial charge is 0.324 e. The summed E-state index contributed by atoms with van der Waals surface area (Å²) in [5.41, 5.74) is 15.9. The molecule has 4 rings (SSSR count). The number of benzene rings is 3. The topological polar surface area (TPSA) is 134 Å². The second-order valence-electron chi connectivity index (χ2n) is 9.80. The van der Waals surface area contributed by atoms with Crippen LogP contribution in [0.5, 0.6) is 0 Å². The van der Waals surface area contributed by atoms with Crippen LogP contribution in [0, 0.1) is 18.2 Å². The number of hydrogen-bond acceptors (Lipinski definition) is 5. The predicted octanol–water partition coefficient (Wildman–Crippen LogP) is 6.00. The number of nitrogens with zero attached hydrogens (tertiary/aromatic N) is 2. The summed E-state index contributed by atoms with van der Waals surface area (Å²) in [5, 5.41) is 12.6. The van der Waals surface area contributed by atoms with Gasteiger partial charge in [-0.05, 0) is 42.8 Å². The van der Waals surface area contributed by atoms with Gasteiger partial charge in [0.1, 0.15) is 11.4 Å². The number of rotatable bonds is 4. The molecular formula is C28H30FN7O. The van der Waals surface area contributed by atoms with Gasteiger partial charge in [-0.1, -0.05) is 56.7 Å². The SMILES string of the molecule is Cc1ccc(N=C(C=C(N)C(C)(C)C)NC(=O)Nc2ccc(-c3ccc4c(N)n[nH]c4c3F)cc2)cc1. The van der Waals surface area contributed by atoms with Crippen molar-refractivity contribution in [1.29, 1.82) is 0 Å². The van der Waals surface area contributed by atoms with Crippen LogP contribution in [0.4, 0.5) is 26.4 Å². The Morgan fingerprint density at radius 1 is 1.05 bits per heavy atom. The van der Waals surface area contributed by atoms with Crippen molar-refractivity contribution < 1.29 is 9.18 Å². The van der Waals surface area contributed by atoms with E-state index in [-0.39, 0.29) is 16.7 Å². The molecule has 0 saturated heterocycles. The van der Waals surface area contributed by atoms with Crippen LogP contribution in [0.3, 0.4) is 0 Å².